The van der Waals surface area contributed by atoms with Crippen molar-refractivity contribution in [3.63, 3.8) is 0 Å². The standard InChI is InChI=1S/C8H16F3N3O2S/c1-6(7-2-3-12-4-7)14-17(15,16)13-5-8(9,10)11/h6-7,12-14H,2-5H2,1H3. The highest BCUT2D eigenvalue weighted by atomic mass is 32.2. The molecule has 17 heavy (non-hydrogen) atoms. The largest absolute Gasteiger partial charge is 0.402 e. The zero-order valence-electron chi connectivity index (χ0n) is 9.34. The fourth-order valence-corrected chi connectivity index (χ4v) is 2.78. The van der Waals surface area contributed by atoms with Crippen LogP contribution < -0.4 is 14.8 Å². The van der Waals surface area contributed by atoms with Gasteiger partial charge in [0, 0.05) is 6.04 Å². The first-order chi connectivity index (χ1) is 7.70. The van der Waals surface area contributed by atoms with Crippen LogP contribution in [0, 0.1) is 5.92 Å². The van der Waals surface area contributed by atoms with Crippen LogP contribution in [0.1, 0.15) is 13.3 Å². The van der Waals surface area contributed by atoms with Crippen LogP contribution in [0.4, 0.5) is 13.2 Å². The van der Waals surface area contributed by atoms with E-state index < -0.39 is 29.0 Å². The van der Waals surface area contributed by atoms with Crippen LogP contribution in [0.25, 0.3) is 0 Å². The molecule has 0 radical (unpaired) electrons. The molecule has 102 valence electrons. The average molecular weight is 275 g/mol. The van der Waals surface area contributed by atoms with Gasteiger partial charge in [0.05, 0.1) is 0 Å². The quantitative estimate of drug-likeness (QED) is 0.660. The van der Waals surface area contributed by atoms with Gasteiger partial charge in [0.1, 0.15) is 6.54 Å². The Morgan fingerprint density at radius 1 is 1.47 bits per heavy atom. The predicted octanol–water partition coefficient (Wildman–Crippen LogP) is -0.0293. The van der Waals surface area contributed by atoms with Crippen molar-refractivity contribution in [2.45, 2.75) is 25.6 Å². The normalized spacial score (nSPS) is 23.9. The molecule has 0 aromatic heterocycles. The first kappa shape index (κ1) is 14.7. The molecular formula is C8H16F3N3O2S. The first-order valence-corrected chi connectivity index (χ1v) is 6.72. The van der Waals surface area contributed by atoms with Gasteiger partial charge >= 0.3 is 6.18 Å². The number of nitrogens with one attached hydrogen (secondary N) is 3. The van der Waals surface area contributed by atoms with Crippen molar-refractivity contribution in [2.75, 3.05) is 19.6 Å². The Bertz CT molecular complexity index is 338. The van der Waals surface area contributed by atoms with Crippen molar-refractivity contribution in [2.24, 2.45) is 5.92 Å². The van der Waals surface area contributed by atoms with Gasteiger partial charge in [0.25, 0.3) is 10.2 Å². The molecule has 2 atom stereocenters. The van der Waals surface area contributed by atoms with Gasteiger partial charge in [-0.3, -0.25) is 0 Å². The fourth-order valence-electron chi connectivity index (χ4n) is 1.66. The van der Waals surface area contributed by atoms with Crippen molar-refractivity contribution in [1.29, 1.82) is 0 Å². The molecule has 1 aliphatic rings. The molecule has 1 fully saturated rings. The molecule has 0 aromatic carbocycles. The Labute approximate surface area is 98.3 Å². The molecule has 1 saturated heterocycles. The summed E-state index contributed by atoms with van der Waals surface area (Å²) >= 11 is 0. The second-order valence-electron chi connectivity index (χ2n) is 4.10. The molecule has 1 heterocycles. The molecule has 0 saturated carbocycles. The third-order valence-electron chi connectivity index (χ3n) is 2.61. The summed E-state index contributed by atoms with van der Waals surface area (Å²) in [5.41, 5.74) is 0. The lowest BCUT2D eigenvalue weighted by molar-refractivity contribution is -0.121. The fraction of sp³-hybridized carbons (Fsp3) is 1.00. The third kappa shape index (κ3) is 5.66. The van der Waals surface area contributed by atoms with Crippen molar-refractivity contribution >= 4 is 10.2 Å². The highest BCUT2D eigenvalue weighted by Gasteiger charge is 2.31. The minimum atomic E-state index is -4.55. The number of rotatable bonds is 5. The number of hydrogen-bond acceptors (Lipinski definition) is 3. The molecular weight excluding hydrogens is 259 g/mol. The summed E-state index contributed by atoms with van der Waals surface area (Å²) in [5.74, 6) is 0.109. The van der Waals surface area contributed by atoms with Crippen LogP contribution in [-0.2, 0) is 10.2 Å². The summed E-state index contributed by atoms with van der Waals surface area (Å²) in [6.07, 6.45) is -3.74. The molecule has 0 aromatic rings. The van der Waals surface area contributed by atoms with Crippen molar-refractivity contribution < 1.29 is 21.6 Å². The van der Waals surface area contributed by atoms with E-state index in [1.165, 1.54) is 4.72 Å². The maximum absolute atomic E-state index is 11.9. The van der Waals surface area contributed by atoms with E-state index in [1.807, 2.05) is 0 Å². The second-order valence-corrected chi connectivity index (χ2v) is 5.63. The molecule has 0 spiro atoms. The number of alkyl halides is 3. The van der Waals surface area contributed by atoms with Gasteiger partial charge in [-0.1, -0.05) is 0 Å². The van der Waals surface area contributed by atoms with Gasteiger partial charge in [-0.05, 0) is 32.4 Å². The second kappa shape index (κ2) is 5.51. The summed E-state index contributed by atoms with van der Waals surface area (Å²) in [5, 5.41) is 3.06. The molecule has 0 amide bonds. The van der Waals surface area contributed by atoms with E-state index in [0.717, 1.165) is 13.0 Å². The van der Waals surface area contributed by atoms with Gasteiger partial charge in [0.2, 0.25) is 0 Å². The van der Waals surface area contributed by atoms with Crippen LogP contribution >= 0.6 is 0 Å². The van der Waals surface area contributed by atoms with E-state index in [4.69, 9.17) is 0 Å². The summed E-state index contributed by atoms with van der Waals surface area (Å²) < 4.78 is 61.8. The van der Waals surface area contributed by atoms with Crippen molar-refractivity contribution in [3.05, 3.63) is 0 Å². The summed E-state index contributed by atoms with van der Waals surface area (Å²) in [7, 11) is -4.10. The topological polar surface area (TPSA) is 70.2 Å². The summed E-state index contributed by atoms with van der Waals surface area (Å²) in [6.45, 7) is 1.55. The predicted molar refractivity (Wildman–Crippen MR) is 56.6 cm³/mol. The molecule has 0 aliphatic carbocycles. The van der Waals surface area contributed by atoms with Gasteiger partial charge in [0.15, 0.2) is 0 Å². The number of hydrogen-bond donors (Lipinski definition) is 3. The van der Waals surface area contributed by atoms with E-state index in [-0.39, 0.29) is 5.92 Å². The van der Waals surface area contributed by atoms with Crippen LogP contribution in [0.3, 0.4) is 0 Å². The monoisotopic (exact) mass is 275 g/mol. The van der Waals surface area contributed by atoms with E-state index in [9.17, 15) is 21.6 Å². The smallest absolute Gasteiger partial charge is 0.316 e. The maximum atomic E-state index is 11.9. The Kier molecular flexibility index (Phi) is 4.76. The molecule has 5 nitrogen and oxygen atoms in total. The third-order valence-corrected chi connectivity index (χ3v) is 3.82. The lowest BCUT2D eigenvalue weighted by Crippen LogP contribution is -2.47. The molecule has 9 heteroatoms. The molecule has 0 bridgehead atoms. The van der Waals surface area contributed by atoms with Gasteiger partial charge in [-0.15, -0.1) is 0 Å². The van der Waals surface area contributed by atoms with Crippen molar-refractivity contribution in [1.82, 2.24) is 14.8 Å². The zero-order chi connectivity index (χ0) is 13.1. The van der Waals surface area contributed by atoms with E-state index in [2.05, 4.69) is 10.0 Å². The molecule has 2 unspecified atom stereocenters. The Balaban J connectivity index is 2.42. The van der Waals surface area contributed by atoms with Crippen LogP contribution in [0.5, 0.6) is 0 Å². The maximum Gasteiger partial charge on any atom is 0.402 e. The Morgan fingerprint density at radius 2 is 2.12 bits per heavy atom. The van der Waals surface area contributed by atoms with Crippen molar-refractivity contribution in [3.8, 4) is 0 Å². The Hall–Kier alpha value is -0.380. The molecule has 1 rings (SSSR count). The van der Waals surface area contributed by atoms with Gasteiger partial charge in [-0.25, -0.2) is 0 Å². The lowest BCUT2D eigenvalue weighted by Gasteiger charge is -2.20. The minimum Gasteiger partial charge on any atom is -0.316 e. The zero-order valence-corrected chi connectivity index (χ0v) is 10.2. The van der Waals surface area contributed by atoms with Crippen LogP contribution in [0.2, 0.25) is 0 Å². The molecule has 3 N–H and O–H groups in total. The molecule has 1 aliphatic heterocycles. The van der Waals surface area contributed by atoms with E-state index >= 15 is 0 Å². The van der Waals surface area contributed by atoms with Gasteiger partial charge in [-0.2, -0.15) is 31.0 Å². The van der Waals surface area contributed by atoms with E-state index in [1.54, 1.807) is 6.92 Å². The summed E-state index contributed by atoms with van der Waals surface area (Å²) in [4.78, 5) is 0. The Morgan fingerprint density at radius 3 is 2.59 bits per heavy atom. The SMILES string of the molecule is CC(NS(=O)(=O)NCC(F)(F)F)C1CCNC1. The highest BCUT2D eigenvalue weighted by molar-refractivity contribution is 7.87. The number of halogens is 3. The van der Waals surface area contributed by atoms with E-state index in [0.29, 0.717) is 6.54 Å². The minimum absolute atomic E-state index is 0.109. The van der Waals surface area contributed by atoms with Crippen LogP contribution in [-0.4, -0.2) is 40.3 Å². The van der Waals surface area contributed by atoms with Gasteiger partial charge < -0.3 is 5.32 Å². The average Bonchev–Trinajstić information content (AvgIpc) is 2.66. The lowest BCUT2D eigenvalue weighted by atomic mass is 10.0. The van der Waals surface area contributed by atoms with Crippen LogP contribution in [0.15, 0.2) is 0 Å². The first-order valence-electron chi connectivity index (χ1n) is 5.24. The highest BCUT2D eigenvalue weighted by Crippen LogP contribution is 2.14. The summed E-state index contributed by atoms with van der Waals surface area (Å²) in [6, 6.07) is -0.393.